The summed E-state index contributed by atoms with van der Waals surface area (Å²) in [5.74, 6) is -0.508. The number of hydrogen-bond acceptors (Lipinski definition) is 12. The van der Waals surface area contributed by atoms with Crippen LogP contribution in [0.4, 0.5) is 0 Å². The van der Waals surface area contributed by atoms with Gasteiger partial charge in [-0.15, -0.1) is 0 Å². The molecule has 0 atom stereocenters. The van der Waals surface area contributed by atoms with E-state index in [0.29, 0.717) is 105 Å². The van der Waals surface area contributed by atoms with Crippen LogP contribution in [0.5, 0.6) is 0 Å². The first kappa shape index (κ1) is 34.6. The average Bonchev–Trinajstić information content (AvgIpc) is 2.87. The van der Waals surface area contributed by atoms with Crippen LogP contribution in [-0.2, 0) is 47.5 Å². The van der Waals surface area contributed by atoms with Gasteiger partial charge in [-0.1, -0.05) is 12.8 Å². The molecule has 0 saturated heterocycles. The van der Waals surface area contributed by atoms with Gasteiger partial charge in [-0.25, -0.2) is 0 Å². The third kappa shape index (κ3) is 28.9. The molecule has 0 amide bonds. The molecule has 0 rings (SSSR count). The van der Waals surface area contributed by atoms with Crippen LogP contribution < -0.4 is 0 Å². The van der Waals surface area contributed by atoms with E-state index in [2.05, 4.69) is 0 Å². The predicted octanol–water partition coefficient (Wildman–Crippen LogP) is 0.498. The molecular formula is C24H46O12. The molecule has 12 heteroatoms. The Kier molecular flexibility index (Phi) is 28.7. The summed E-state index contributed by atoms with van der Waals surface area (Å²) in [4.78, 5) is 23.4. The van der Waals surface area contributed by atoms with Crippen molar-refractivity contribution in [1.29, 1.82) is 0 Å². The number of esters is 2. The molecule has 0 bridgehead atoms. The molecule has 0 aromatic rings. The Hall–Kier alpha value is -1.38. The SMILES string of the molecule is O=C(CCCCCCC(=O)OCCOCCOCCOCCO)OCCOCCOCCOCCO. The first-order valence-electron chi connectivity index (χ1n) is 12.7. The lowest BCUT2D eigenvalue weighted by Crippen LogP contribution is -2.14. The van der Waals surface area contributed by atoms with Crippen molar-refractivity contribution >= 4 is 11.9 Å². The van der Waals surface area contributed by atoms with E-state index in [0.717, 1.165) is 12.8 Å². The Bertz CT molecular complexity index is 436. The predicted molar refractivity (Wildman–Crippen MR) is 129 cm³/mol. The van der Waals surface area contributed by atoms with Gasteiger partial charge in [0.1, 0.15) is 13.2 Å². The molecule has 36 heavy (non-hydrogen) atoms. The summed E-state index contributed by atoms with van der Waals surface area (Å²) in [5.41, 5.74) is 0. The summed E-state index contributed by atoms with van der Waals surface area (Å²) in [6, 6.07) is 0. The third-order valence-electron chi connectivity index (χ3n) is 4.45. The van der Waals surface area contributed by atoms with Gasteiger partial charge in [0.25, 0.3) is 0 Å². The van der Waals surface area contributed by atoms with E-state index < -0.39 is 0 Å². The van der Waals surface area contributed by atoms with Crippen molar-refractivity contribution in [2.75, 3.05) is 106 Å². The lowest BCUT2D eigenvalue weighted by atomic mass is 10.1. The normalized spacial score (nSPS) is 11.1. The second-order valence-electron chi connectivity index (χ2n) is 7.48. The summed E-state index contributed by atoms with van der Waals surface area (Å²) in [6.07, 6.45) is 3.80. The fourth-order valence-electron chi connectivity index (χ4n) is 2.68. The number of ether oxygens (including phenoxy) is 8. The lowest BCUT2D eigenvalue weighted by Gasteiger charge is -2.08. The number of rotatable bonds is 29. The molecule has 214 valence electrons. The standard InChI is InChI=1S/C24H46O12/c25-7-9-29-11-13-31-15-17-33-19-21-35-23(27)5-3-1-2-4-6-24(28)36-22-20-34-18-16-32-14-12-30-10-8-26/h25-26H,1-22H2. The maximum absolute atomic E-state index is 11.7. The van der Waals surface area contributed by atoms with Crippen molar-refractivity contribution in [3.63, 3.8) is 0 Å². The molecule has 0 aliphatic rings. The fourth-order valence-corrected chi connectivity index (χ4v) is 2.68. The van der Waals surface area contributed by atoms with E-state index in [1.165, 1.54) is 0 Å². The van der Waals surface area contributed by atoms with E-state index in [1.807, 2.05) is 0 Å². The molecule has 0 heterocycles. The zero-order valence-corrected chi connectivity index (χ0v) is 21.5. The molecule has 12 nitrogen and oxygen atoms in total. The van der Waals surface area contributed by atoms with Crippen molar-refractivity contribution in [3.05, 3.63) is 0 Å². The molecule has 0 aromatic heterocycles. The highest BCUT2D eigenvalue weighted by molar-refractivity contribution is 5.69. The van der Waals surface area contributed by atoms with Gasteiger partial charge in [-0.05, 0) is 12.8 Å². The van der Waals surface area contributed by atoms with Gasteiger partial charge in [-0.3, -0.25) is 9.59 Å². The Labute approximate surface area is 214 Å². The number of carbonyl (C=O) groups is 2. The molecule has 0 saturated carbocycles. The van der Waals surface area contributed by atoms with E-state index in [1.54, 1.807) is 0 Å². The Balaban J connectivity index is 3.26. The second-order valence-corrected chi connectivity index (χ2v) is 7.48. The van der Waals surface area contributed by atoms with Crippen molar-refractivity contribution in [3.8, 4) is 0 Å². The topological polar surface area (TPSA) is 148 Å². The van der Waals surface area contributed by atoms with E-state index in [9.17, 15) is 9.59 Å². The molecule has 2 N–H and O–H groups in total. The zero-order chi connectivity index (χ0) is 26.4. The van der Waals surface area contributed by atoms with Crippen LogP contribution in [0.2, 0.25) is 0 Å². The fraction of sp³-hybridized carbons (Fsp3) is 0.917. The maximum Gasteiger partial charge on any atom is 0.305 e. The van der Waals surface area contributed by atoms with Gasteiger partial charge in [0.2, 0.25) is 0 Å². The molecule has 0 radical (unpaired) electrons. The minimum absolute atomic E-state index is 0.000399. The number of carbonyl (C=O) groups excluding carboxylic acids is 2. The number of aliphatic hydroxyl groups is 2. The summed E-state index contributed by atoms with van der Waals surface area (Å²) in [5, 5.41) is 17.1. The largest absolute Gasteiger partial charge is 0.463 e. The Morgan fingerprint density at radius 1 is 0.389 bits per heavy atom. The van der Waals surface area contributed by atoms with Crippen molar-refractivity contribution in [2.45, 2.75) is 38.5 Å². The lowest BCUT2D eigenvalue weighted by molar-refractivity contribution is -0.146. The van der Waals surface area contributed by atoms with Crippen LogP contribution in [0.1, 0.15) is 38.5 Å². The van der Waals surface area contributed by atoms with Crippen molar-refractivity contribution < 1.29 is 57.7 Å². The van der Waals surface area contributed by atoms with Crippen molar-refractivity contribution in [1.82, 2.24) is 0 Å². The van der Waals surface area contributed by atoms with Crippen LogP contribution in [0, 0.1) is 0 Å². The highest BCUT2D eigenvalue weighted by atomic mass is 16.6. The first-order valence-corrected chi connectivity index (χ1v) is 12.7. The maximum atomic E-state index is 11.7. The molecule has 0 aliphatic heterocycles. The van der Waals surface area contributed by atoms with Gasteiger partial charge in [0.05, 0.1) is 92.5 Å². The molecule has 0 fully saturated rings. The van der Waals surface area contributed by atoms with Crippen LogP contribution in [0.25, 0.3) is 0 Å². The highest BCUT2D eigenvalue weighted by Crippen LogP contribution is 2.07. The summed E-state index contributed by atoms with van der Waals surface area (Å²) in [7, 11) is 0. The van der Waals surface area contributed by atoms with Gasteiger partial charge >= 0.3 is 11.9 Å². The molecule has 0 aliphatic carbocycles. The van der Waals surface area contributed by atoms with Crippen molar-refractivity contribution in [2.24, 2.45) is 0 Å². The third-order valence-corrected chi connectivity index (χ3v) is 4.45. The van der Waals surface area contributed by atoms with Crippen LogP contribution >= 0.6 is 0 Å². The van der Waals surface area contributed by atoms with E-state index >= 15 is 0 Å². The summed E-state index contributed by atoms with van der Waals surface area (Å²) >= 11 is 0. The molecule has 0 spiro atoms. The van der Waals surface area contributed by atoms with Gasteiger partial charge < -0.3 is 48.1 Å². The van der Waals surface area contributed by atoms with Gasteiger partial charge in [0, 0.05) is 12.8 Å². The Morgan fingerprint density at radius 3 is 0.972 bits per heavy atom. The highest BCUT2D eigenvalue weighted by Gasteiger charge is 2.05. The first-order chi connectivity index (χ1) is 17.7. The van der Waals surface area contributed by atoms with Gasteiger partial charge in [0.15, 0.2) is 0 Å². The van der Waals surface area contributed by atoms with Gasteiger partial charge in [-0.2, -0.15) is 0 Å². The number of hydrogen-bond donors (Lipinski definition) is 2. The minimum atomic E-state index is -0.254. The van der Waals surface area contributed by atoms with E-state index in [-0.39, 0.29) is 38.4 Å². The quantitative estimate of drug-likeness (QED) is 0.103. The number of unbranched alkanes of at least 4 members (excludes halogenated alkanes) is 3. The van der Waals surface area contributed by atoms with Crippen LogP contribution in [0.15, 0.2) is 0 Å². The molecule has 0 unspecified atom stereocenters. The average molecular weight is 527 g/mol. The zero-order valence-electron chi connectivity index (χ0n) is 21.5. The molecular weight excluding hydrogens is 480 g/mol. The monoisotopic (exact) mass is 526 g/mol. The number of aliphatic hydroxyl groups excluding tert-OH is 2. The minimum Gasteiger partial charge on any atom is -0.463 e. The van der Waals surface area contributed by atoms with E-state index in [4.69, 9.17) is 48.1 Å². The van der Waals surface area contributed by atoms with Crippen LogP contribution in [-0.4, -0.2) is 128 Å². The second kappa shape index (κ2) is 29.8. The smallest absolute Gasteiger partial charge is 0.305 e. The summed E-state index contributed by atoms with van der Waals surface area (Å²) in [6.45, 7) is 5.08. The van der Waals surface area contributed by atoms with Crippen LogP contribution in [0.3, 0.4) is 0 Å². The molecule has 0 aromatic carbocycles. The Morgan fingerprint density at radius 2 is 0.667 bits per heavy atom. The summed E-state index contributed by atoms with van der Waals surface area (Å²) < 4.78 is 41.5.